The largest absolute Gasteiger partial charge is 0.492 e. The summed E-state index contributed by atoms with van der Waals surface area (Å²) in [6.07, 6.45) is 3.75. The van der Waals surface area contributed by atoms with Crippen molar-refractivity contribution in [1.82, 2.24) is 15.3 Å². The maximum absolute atomic E-state index is 12.8. The first-order valence-electron chi connectivity index (χ1n) is 10.6. The summed E-state index contributed by atoms with van der Waals surface area (Å²) in [7, 11) is 0. The fourth-order valence-corrected chi connectivity index (χ4v) is 3.18. The molecule has 0 bridgehead atoms. The highest BCUT2D eigenvalue weighted by molar-refractivity contribution is 5.98. The molecule has 0 aliphatic rings. The van der Waals surface area contributed by atoms with Crippen LogP contribution >= 0.6 is 0 Å². The van der Waals surface area contributed by atoms with E-state index in [1.54, 1.807) is 6.20 Å². The standard InChI is InChI=1S/C25H31N3O2/c1-6-7-12-30-21-13-19-14-22(17(2)28-23(19)26-16-21)24(29)27-15-18-8-10-20(11-9-18)25(3,4)5/h8-11,13-14,16H,6-7,12,15H2,1-5H3,(H,27,29). The Balaban J connectivity index is 1.72. The third-order valence-corrected chi connectivity index (χ3v) is 5.12. The van der Waals surface area contributed by atoms with E-state index in [-0.39, 0.29) is 11.3 Å². The Labute approximate surface area is 178 Å². The van der Waals surface area contributed by atoms with Gasteiger partial charge in [0.25, 0.3) is 5.91 Å². The van der Waals surface area contributed by atoms with E-state index in [2.05, 4.69) is 67.2 Å². The van der Waals surface area contributed by atoms with Crippen molar-refractivity contribution in [2.24, 2.45) is 0 Å². The predicted octanol–water partition coefficient (Wildman–Crippen LogP) is 5.34. The van der Waals surface area contributed by atoms with Gasteiger partial charge in [-0.1, -0.05) is 58.4 Å². The molecule has 158 valence electrons. The SMILES string of the molecule is CCCCOc1cnc2nc(C)c(C(=O)NCc3ccc(C(C)(C)C)cc3)cc2c1. The number of carbonyl (C=O) groups excluding carboxylic acids is 1. The van der Waals surface area contributed by atoms with Gasteiger partial charge in [-0.15, -0.1) is 0 Å². The second kappa shape index (κ2) is 9.24. The van der Waals surface area contributed by atoms with E-state index in [0.29, 0.717) is 35.8 Å². The Morgan fingerprint density at radius 3 is 2.53 bits per heavy atom. The first kappa shape index (κ1) is 21.8. The van der Waals surface area contributed by atoms with E-state index in [0.717, 1.165) is 23.8 Å². The molecule has 2 heterocycles. The Morgan fingerprint density at radius 2 is 1.87 bits per heavy atom. The van der Waals surface area contributed by atoms with Crippen LogP contribution in [0.5, 0.6) is 5.75 Å². The van der Waals surface area contributed by atoms with E-state index in [9.17, 15) is 4.79 Å². The summed E-state index contributed by atoms with van der Waals surface area (Å²) in [5.41, 5.74) is 4.29. The van der Waals surface area contributed by atoms with Crippen LogP contribution in [0.3, 0.4) is 0 Å². The molecule has 1 N–H and O–H groups in total. The van der Waals surface area contributed by atoms with Crippen LogP contribution in [0.1, 0.15) is 67.7 Å². The number of nitrogens with zero attached hydrogens (tertiary/aromatic N) is 2. The van der Waals surface area contributed by atoms with Crippen LogP contribution in [0.2, 0.25) is 0 Å². The number of fused-ring (bicyclic) bond motifs is 1. The number of nitrogens with one attached hydrogen (secondary N) is 1. The molecule has 3 rings (SSSR count). The van der Waals surface area contributed by atoms with Crippen molar-refractivity contribution in [3.8, 4) is 5.75 Å². The topological polar surface area (TPSA) is 64.1 Å². The zero-order chi connectivity index (χ0) is 21.7. The molecule has 30 heavy (non-hydrogen) atoms. The van der Waals surface area contributed by atoms with Crippen molar-refractivity contribution in [2.45, 2.75) is 59.4 Å². The van der Waals surface area contributed by atoms with Crippen LogP contribution in [-0.4, -0.2) is 22.5 Å². The molecule has 0 aliphatic heterocycles. The summed E-state index contributed by atoms with van der Waals surface area (Å²) < 4.78 is 5.73. The number of carbonyl (C=O) groups is 1. The van der Waals surface area contributed by atoms with Crippen LogP contribution in [0, 0.1) is 6.92 Å². The fraction of sp³-hybridized carbons (Fsp3) is 0.400. The van der Waals surface area contributed by atoms with Gasteiger partial charge in [-0.3, -0.25) is 4.79 Å². The van der Waals surface area contributed by atoms with Gasteiger partial charge >= 0.3 is 0 Å². The highest BCUT2D eigenvalue weighted by Gasteiger charge is 2.15. The van der Waals surface area contributed by atoms with Crippen molar-refractivity contribution in [3.63, 3.8) is 0 Å². The Kier molecular flexibility index (Phi) is 6.70. The van der Waals surface area contributed by atoms with Crippen molar-refractivity contribution in [1.29, 1.82) is 0 Å². The van der Waals surface area contributed by atoms with Gasteiger partial charge in [0.15, 0.2) is 5.65 Å². The summed E-state index contributed by atoms with van der Waals surface area (Å²) in [6.45, 7) is 11.7. The van der Waals surface area contributed by atoms with E-state index in [1.165, 1.54) is 5.56 Å². The summed E-state index contributed by atoms with van der Waals surface area (Å²) in [5.74, 6) is 0.561. The summed E-state index contributed by atoms with van der Waals surface area (Å²) in [5, 5.41) is 3.81. The first-order chi connectivity index (χ1) is 14.3. The molecule has 0 saturated carbocycles. The number of hydrogen-bond acceptors (Lipinski definition) is 4. The molecule has 5 heteroatoms. The Morgan fingerprint density at radius 1 is 1.13 bits per heavy atom. The lowest BCUT2D eigenvalue weighted by Crippen LogP contribution is -2.24. The minimum Gasteiger partial charge on any atom is -0.492 e. The molecule has 0 aliphatic carbocycles. The third-order valence-electron chi connectivity index (χ3n) is 5.12. The van der Waals surface area contributed by atoms with Crippen molar-refractivity contribution in [3.05, 3.63) is 65.0 Å². The number of unbranched alkanes of at least 4 members (excludes halogenated alkanes) is 1. The zero-order valence-electron chi connectivity index (χ0n) is 18.6. The van der Waals surface area contributed by atoms with Gasteiger partial charge in [-0.25, -0.2) is 9.97 Å². The number of amides is 1. The van der Waals surface area contributed by atoms with Gasteiger partial charge in [-0.05, 0) is 42.0 Å². The van der Waals surface area contributed by atoms with Gasteiger partial charge in [-0.2, -0.15) is 0 Å². The number of aryl methyl sites for hydroxylation is 1. The van der Waals surface area contributed by atoms with Crippen molar-refractivity contribution < 1.29 is 9.53 Å². The number of ether oxygens (including phenoxy) is 1. The minimum absolute atomic E-state index is 0.114. The van der Waals surface area contributed by atoms with Gasteiger partial charge in [0, 0.05) is 11.9 Å². The first-order valence-corrected chi connectivity index (χ1v) is 10.6. The molecule has 3 aromatic rings. The number of benzene rings is 1. The van der Waals surface area contributed by atoms with Crippen LogP contribution in [0.25, 0.3) is 11.0 Å². The molecular weight excluding hydrogens is 374 g/mol. The van der Waals surface area contributed by atoms with Crippen LogP contribution in [0.15, 0.2) is 42.6 Å². The van der Waals surface area contributed by atoms with Gasteiger partial charge in [0.2, 0.25) is 0 Å². The van der Waals surface area contributed by atoms with E-state index < -0.39 is 0 Å². The van der Waals surface area contributed by atoms with Crippen LogP contribution in [-0.2, 0) is 12.0 Å². The number of pyridine rings is 2. The van der Waals surface area contributed by atoms with Gasteiger partial charge in [0.1, 0.15) is 5.75 Å². The highest BCUT2D eigenvalue weighted by Crippen LogP contribution is 2.23. The van der Waals surface area contributed by atoms with Gasteiger partial charge < -0.3 is 10.1 Å². The molecule has 0 radical (unpaired) electrons. The molecule has 0 unspecified atom stereocenters. The average Bonchev–Trinajstić information content (AvgIpc) is 2.71. The van der Waals surface area contributed by atoms with Crippen LogP contribution < -0.4 is 10.1 Å². The average molecular weight is 406 g/mol. The number of hydrogen-bond donors (Lipinski definition) is 1. The molecule has 5 nitrogen and oxygen atoms in total. The Hall–Kier alpha value is -2.95. The molecule has 0 fully saturated rings. The summed E-state index contributed by atoms with van der Waals surface area (Å²) >= 11 is 0. The normalized spacial score (nSPS) is 11.5. The summed E-state index contributed by atoms with van der Waals surface area (Å²) in [4.78, 5) is 21.7. The molecule has 0 saturated heterocycles. The Bertz CT molecular complexity index is 1020. The summed E-state index contributed by atoms with van der Waals surface area (Å²) in [6, 6.07) is 12.1. The molecular formula is C25H31N3O2. The second-order valence-corrected chi connectivity index (χ2v) is 8.67. The molecule has 2 aromatic heterocycles. The zero-order valence-corrected chi connectivity index (χ0v) is 18.6. The lowest BCUT2D eigenvalue weighted by atomic mass is 9.87. The van der Waals surface area contributed by atoms with Crippen LogP contribution in [0.4, 0.5) is 0 Å². The predicted molar refractivity (Wildman–Crippen MR) is 121 cm³/mol. The second-order valence-electron chi connectivity index (χ2n) is 8.67. The molecule has 0 spiro atoms. The van der Waals surface area contributed by atoms with Crippen molar-refractivity contribution >= 4 is 16.9 Å². The lowest BCUT2D eigenvalue weighted by molar-refractivity contribution is 0.0950. The lowest BCUT2D eigenvalue weighted by Gasteiger charge is -2.19. The quantitative estimate of drug-likeness (QED) is 0.539. The maximum atomic E-state index is 12.8. The van der Waals surface area contributed by atoms with E-state index in [4.69, 9.17) is 4.74 Å². The van der Waals surface area contributed by atoms with E-state index in [1.807, 2.05) is 19.1 Å². The molecule has 1 amide bonds. The highest BCUT2D eigenvalue weighted by atomic mass is 16.5. The minimum atomic E-state index is -0.140. The number of aromatic nitrogens is 2. The van der Waals surface area contributed by atoms with Gasteiger partial charge in [0.05, 0.1) is 24.1 Å². The molecule has 0 atom stereocenters. The molecule has 1 aromatic carbocycles. The maximum Gasteiger partial charge on any atom is 0.253 e. The fourth-order valence-electron chi connectivity index (χ4n) is 3.18. The smallest absolute Gasteiger partial charge is 0.253 e. The number of rotatable bonds is 7. The monoisotopic (exact) mass is 405 g/mol. The van der Waals surface area contributed by atoms with Crippen molar-refractivity contribution in [2.75, 3.05) is 6.61 Å². The third kappa shape index (κ3) is 5.35. The van der Waals surface area contributed by atoms with E-state index >= 15 is 0 Å².